The van der Waals surface area contributed by atoms with Crippen LogP contribution < -0.4 is 14.8 Å². The maximum absolute atomic E-state index is 12.7. The normalized spacial score (nSPS) is 13.3. The van der Waals surface area contributed by atoms with E-state index in [0.717, 1.165) is 0 Å². The molecule has 154 valence electrons. The molecule has 10 heteroatoms. The first-order valence-electron chi connectivity index (χ1n) is 9.21. The van der Waals surface area contributed by atoms with Gasteiger partial charge < -0.3 is 19.3 Å². The van der Waals surface area contributed by atoms with Crippen LogP contribution in [0.25, 0.3) is 11.4 Å². The minimum atomic E-state index is -0.577. The summed E-state index contributed by atoms with van der Waals surface area (Å²) in [6.45, 7) is 3.95. The van der Waals surface area contributed by atoms with Crippen LogP contribution in [0.1, 0.15) is 36.1 Å². The number of amides is 1. The fraction of sp³-hybridized carbons (Fsp3) is 0.250. The van der Waals surface area contributed by atoms with Gasteiger partial charge >= 0.3 is 0 Å². The number of carbonyl (C=O) groups is 1. The molecule has 4 rings (SSSR count). The summed E-state index contributed by atoms with van der Waals surface area (Å²) in [5.74, 6) is 1.28. The van der Waals surface area contributed by atoms with E-state index in [9.17, 15) is 14.9 Å². The first-order chi connectivity index (χ1) is 14.4. The Morgan fingerprint density at radius 1 is 1.17 bits per heavy atom. The van der Waals surface area contributed by atoms with Crippen LogP contribution in [-0.4, -0.2) is 27.8 Å². The summed E-state index contributed by atoms with van der Waals surface area (Å²) < 4.78 is 16.1. The van der Waals surface area contributed by atoms with Gasteiger partial charge in [0, 0.05) is 23.3 Å². The van der Waals surface area contributed by atoms with Crippen molar-refractivity contribution in [3.05, 3.63) is 64.0 Å². The van der Waals surface area contributed by atoms with Crippen LogP contribution in [0.5, 0.6) is 11.5 Å². The maximum atomic E-state index is 12.7. The molecule has 0 aliphatic carbocycles. The van der Waals surface area contributed by atoms with Gasteiger partial charge in [-0.05, 0) is 30.2 Å². The largest absolute Gasteiger partial charge is 0.454 e. The molecule has 2 heterocycles. The van der Waals surface area contributed by atoms with Gasteiger partial charge in [-0.25, -0.2) is 0 Å². The summed E-state index contributed by atoms with van der Waals surface area (Å²) in [5, 5.41) is 17.8. The topological polar surface area (TPSA) is 130 Å². The van der Waals surface area contributed by atoms with Crippen LogP contribution >= 0.6 is 0 Å². The number of rotatable bonds is 6. The lowest BCUT2D eigenvalue weighted by Crippen LogP contribution is -2.32. The molecular formula is C20H18N4O6. The Kier molecular flexibility index (Phi) is 5.05. The van der Waals surface area contributed by atoms with E-state index in [1.807, 2.05) is 13.8 Å². The highest BCUT2D eigenvalue weighted by atomic mass is 16.7. The Balaban J connectivity index is 1.56. The molecule has 0 fully saturated rings. The first-order valence-corrected chi connectivity index (χ1v) is 9.21. The number of hydrogen-bond acceptors (Lipinski definition) is 8. The van der Waals surface area contributed by atoms with Crippen LogP contribution in [0.3, 0.4) is 0 Å². The van der Waals surface area contributed by atoms with E-state index >= 15 is 0 Å². The molecule has 0 saturated carbocycles. The second-order valence-corrected chi connectivity index (χ2v) is 7.03. The fourth-order valence-corrected chi connectivity index (χ4v) is 3.01. The van der Waals surface area contributed by atoms with Crippen LogP contribution in [-0.2, 0) is 0 Å². The second kappa shape index (κ2) is 7.82. The standard InChI is InChI=1S/C20H18N4O6/c1-11(2)17(21-19(25)13-4-3-5-14(8-13)24(26)27)20-22-18(23-30-20)12-6-7-15-16(9-12)29-10-28-15/h3-9,11,17H,10H2,1-2H3,(H,21,25). The molecule has 30 heavy (non-hydrogen) atoms. The van der Waals surface area contributed by atoms with E-state index in [1.165, 1.54) is 24.3 Å². The molecule has 3 aromatic rings. The van der Waals surface area contributed by atoms with Crippen molar-refractivity contribution in [2.24, 2.45) is 5.92 Å². The highest BCUT2D eigenvalue weighted by Gasteiger charge is 2.26. The molecule has 1 amide bonds. The van der Waals surface area contributed by atoms with Gasteiger partial charge in [-0.15, -0.1) is 0 Å². The number of aromatic nitrogens is 2. The molecule has 0 saturated heterocycles. The third kappa shape index (κ3) is 3.79. The lowest BCUT2D eigenvalue weighted by atomic mass is 10.0. The average molecular weight is 410 g/mol. The molecule has 10 nitrogen and oxygen atoms in total. The summed E-state index contributed by atoms with van der Waals surface area (Å²) >= 11 is 0. The zero-order valence-electron chi connectivity index (χ0n) is 16.2. The summed E-state index contributed by atoms with van der Waals surface area (Å²) in [7, 11) is 0. The summed E-state index contributed by atoms with van der Waals surface area (Å²) in [6.07, 6.45) is 0. The van der Waals surface area contributed by atoms with Crippen molar-refractivity contribution in [3.63, 3.8) is 0 Å². The minimum Gasteiger partial charge on any atom is -0.454 e. The van der Waals surface area contributed by atoms with E-state index in [1.54, 1.807) is 18.2 Å². The Hall–Kier alpha value is -3.95. The third-order valence-electron chi connectivity index (χ3n) is 4.61. The van der Waals surface area contributed by atoms with Crippen molar-refractivity contribution < 1.29 is 23.7 Å². The maximum Gasteiger partial charge on any atom is 0.270 e. The van der Waals surface area contributed by atoms with E-state index < -0.39 is 16.9 Å². The molecular weight excluding hydrogens is 392 g/mol. The van der Waals surface area contributed by atoms with Crippen LogP contribution in [0.4, 0.5) is 5.69 Å². The third-order valence-corrected chi connectivity index (χ3v) is 4.61. The summed E-state index contributed by atoms with van der Waals surface area (Å²) in [4.78, 5) is 27.5. The number of hydrogen-bond donors (Lipinski definition) is 1. The van der Waals surface area contributed by atoms with Crippen molar-refractivity contribution in [2.75, 3.05) is 6.79 Å². The van der Waals surface area contributed by atoms with Crippen molar-refractivity contribution >= 4 is 11.6 Å². The van der Waals surface area contributed by atoms with Gasteiger partial charge in [0.2, 0.25) is 18.5 Å². The summed E-state index contributed by atoms with van der Waals surface area (Å²) in [5.41, 5.74) is 0.693. The number of carbonyl (C=O) groups excluding carboxylic acids is 1. The van der Waals surface area contributed by atoms with Crippen LogP contribution in [0.2, 0.25) is 0 Å². The number of non-ortho nitro benzene ring substituents is 1. The van der Waals surface area contributed by atoms with E-state index in [0.29, 0.717) is 22.9 Å². The molecule has 0 radical (unpaired) electrons. The Bertz CT molecular complexity index is 1110. The smallest absolute Gasteiger partial charge is 0.270 e. The van der Waals surface area contributed by atoms with Crippen LogP contribution in [0, 0.1) is 16.0 Å². The lowest BCUT2D eigenvalue weighted by Gasteiger charge is -2.18. The van der Waals surface area contributed by atoms with Crippen LogP contribution in [0.15, 0.2) is 47.0 Å². The monoisotopic (exact) mass is 410 g/mol. The van der Waals surface area contributed by atoms with Gasteiger partial charge in [-0.2, -0.15) is 4.98 Å². The van der Waals surface area contributed by atoms with E-state index in [2.05, 4.69) is 15.5 Å². The van der Waals surface area contributed by atoms with Crippen molar-refractivity contribution in [2.45, 2.75) is 19.9 Å². The molecule has 2 aromatic carbocycles. The minimum absolute atomic E-state index is 0.0716. The molecule has 1 atom stereocenters. The quantitative estimate of drug-likeness (QED) is 0.483. The number of ether oxygens (including phenoxy) is 2. The molecule has 0 spiro atoms. The molecule has 1 aromatic heterocycles. The van der Waals surface area contributed by atoms with Gasteiger partial charge in [0.15, 0.2) is 11.5 Å². The Morgan fingerprint density at radius 3 is 2.73 bits per heavy atom. The highest BCUT2D eigenvalue weighted by Crippen LogP contribution is 2.35. The fourth-order valence-electron chi connectivity index (χ4n) is 3.01. The number of nitro benzene ring substituents is 1. The van der Waals surface area contributed by atoms with E-state index in [-0.39, 0.29) is 29.9 Å². The predicted octanol–water partition coefficient (Wildman–Crippen LogP) is 3.50. The molecule has 1 N–H and O–H groups in total. The number of nitrogens with one attached hydrogen (secondary N) is 1. The molecule has 1 aliphatic heterocycles. The van der Waals surface area contributed by atoms with Gasteiger partial charge in [-0.1, -0.05) is 25.1 Å². The van der Waals surface area contributed by atoms with Gasteiger partial charge in [-0.3, -0.25) is 14.9 Å². The zero-order valence-corrected chi connectivity index (χ0v) is 16.2. The Labute approximate surface area is 171 Å². The zero-order chi connectivity index (χ0) is 21.3. The van der Waals surface area contributed by atoms with E-state index in [4.69, 9.17) is 14.0 Å². The highest BCUT2D eigenvalue weighted by molar-refractivity contribution is 5.95. The average Bonchev–Trinajstić information content (AvgIpc) is 3.40. The first kappa shape index (κ1) is 19.4. The van der Waals surface area contributed by atoms with Crippen molar-refractivity contribution in [1.82, 2.24) is 15.5 Å². The molecule has 1 aliphatic rings. The molecule has 1 unspecified atom stereocenters. The SMILES string of the molecule is CC(C)C(NC(=O)c1cccc([N+](=O)[O-])c1)c1nc(-c2ccc3c(c2)OCO3)no1. The van der Waals surface area contributed by atoms with Gasteiger partial charge in [0.1, 0.15) is 6.04 Å². The number of benzene rings is 2. The number of fused-ring (bicyclic) bond motifs is 1. The predicted molar refractivity (Wildman–Crippen MR) is 104 cm³/mol. The lowest BCUT2D eigenvalue weighted by molar-refractivity contribution is -0.384. The number of nitro groups is 1. The van der Waals surface area contributed by atoms with Gasteiger partial charge in [0.05, 0.1) is 4.92 Å². The number of nitrogens with zero attached hydrogens (tertiary/aromatic N) is 3. The van der Waals surface area contributed by atoms with Crippen molar-refractivity contribution in [3.8, 4) is 22.9 Å². The molecule has 0 bridgehead atoms. The van der Waals surface area contributed by atoms with Crippen molar-refractivity contribution in [1.29, 1.82) is 0 Å². The second-order valence-electron chi connectivity index (χ2n) is 7.03. The Morgan fingerprint density at radius 2 is 1.97 bits per heavy atom. The summed E-state index contributed by atoms with van der Waals surface area (Å²) in [6, 6.07) is 10.2. The van der Waals surface area contributed by atoms with Gasteiger partial charge in [0.25, 0.3) is 11.6 Å².